The van der Waals surface area contributed by atoms with Gasteiger partial charge in [0, 0.05) is 41.6 Å². The second-order valence-corrected chi connectivity index (χ2v) is 12.7. The summed E-state index contributed by atoms with van der Waals surface area (Å²) < 4.78 is 33.6. The predicted molar refractivity (Wildman–Crippen MR) is 165 cm³/mol. The molecule has 2 saturated heterocycles. The number of nitrogens with zero attached hydrogens (tertiary/aromatic N) is 6. The topological polar surface area (TPSA) is 125 Å². The fourth-order valence-corrected chi connectivity index (χ4v) is 7.09. The maximum atomic E-state index is 11.3. The number of fused-ring (bicyclic) bond motifs is 1. The summed E-state index contributed by atoms with van der Waals surface area (Å²) in [5, 5.41) is 22.4. The largest absolute Gasteiger partial charge is 0.490 e. The van der Waals surface area contributed by atoms with E-state index in [9.17, 15) is 23.1 Å². The third kappa shape index (κ3) is 7.98. The Hall–Kier alpha value is -3.16. The smallest absolute Gasteiger partial charge is 0.481 e. The van der Waals surface area contributed by atoms with Crippen LogP contribution in [0.4, 0.5) is 19.0 Å². The molecule has 2 aromatic heterocycles. The van der Waals surface area contributed by atoms with Gasteiger partial charge >= 0.3 is 18.1 Å². The van der Waals surface area contributed by atoms with E-state index < -0.39 is 18.1 Å². The second kappa shape index (κ2) is 14.1. The molecule has 10 nitrogen and oxygen atoms in total. The molecule has 2 aliphatic heterocycles. The lowest BCUT2D eigenvalue weighted by Gasteiger charge is -2.44. The number of benzene rings is 1. The van der Waals surface area contributed by atoms with Gasteiger partial charge in [-0.05, 0) is 69.2 Å². The molecule has 0 saturated carbocycles. The lowest BCUT2D eigenvalue weighted by molar-refractivity contribution is -0.192. The normalized spacial score (nSPS) is 22.2. The van der Waals surface area contributed by atoms with Crippen molar-refractivity contribution in [3.8, 4) is 0 Å². The zero-order chi connectivity index (χ0) is 33.2. The number of carboxylic acids is 2. The standard InChI is InChI=1S/C28H36Cl2N6O2.C2HF3O2/c1-16(12-26(37)38)23-6-5-10-35(23)24-9-11-34(15-17(24)2)25-14-31-27-18(3)33-36(28(27)32-25)19(4)21-8-7-20(29)13-22(21)30;3-2(4,5)1(6)7/h7-8,13-14,16-17,19,23-24H,5-6,9-12,15H2,1-4H3,(H,37,38);(H,6,7)/t16?,17?,19-,23+,24?;/m1./s1. The molecule has 3 aromatic rings. The first kappa shape index (κ1) is 34.7. The first-order chi connectivity index (χ1) is 21.1. The van der Waals surface area contributed by atoms with E-state index in [1.807, 2.05) is 29.9 Å². The fraction of sp³-hybridized carbons (Fsp3) is 0.567. The van der Waals surface area contributed by atoms with E-state index in [1.165, 1.54) is 0 Å². The van der Waals surface area contributed by atoms with Crippen molar-refractivity contribution in [3.05, 3.63) is 45.7 Å². The molecule has 3 unspecified atom stereocenters. The molecule has 2 aliphatic rings. The van der Waals surface area contributed by atoms with Crippen LogP contribution in [0, 0.1) is 18.8 Å². The molecule has 0 radical (unpaired) electrons. The van der Waals surface area contributed by atoms with Crippen molar-refractivity contribution in [1.29, 1.82) is 0 Å². The summed E-state index contributed by atoms with van der Waals surface area (Å²) in [5.74, 6) is -2.02. The number of rotatable bonds is 7. The number of halogens is 5. The number of carboxylic acid groups (broad SMARTS) is 2. The van der Waals surface area contributed by atoms with E-state index in [0.29, 0.717) is 28.0 Å². The molecule has 4 heterocycles. The van der Waals surface area contributed by atoms with Gasteiger partial charge in [0.25, 0.3) is 0 Å². The van der Waals surface area contributed by atoms with Crippen LogP contribution in [0.15, 0.2) is 24.4 Å². The second-order valence-electron chi connectivity index (χ2n) is 11.9. The molecule has 0 spiro atoms. The molecule has 45 heavy (non-hydrogen) atoms. The first-order valence-electron chi connectivity index (χ1n) is 14.8. The first-order valence-corrected chi connectivity index (χ1v) is 15.5. The van der Waals surface area contributed by atoms with E-state index in [0.717, 1.165) is 67.1 Å². The van der Waals surface area contributed by atoms with Crippen molar-refractivity contribution in [2.24, 2.45) is 11.8 Å². The Bertz CT molecular complexity index is 1540. The van der Waals surface area contributed by atoms with Crippen LogP contribution >= 0.6 is 23.2 Å². The highest BCUT2D eigenvalue weighted by molar-refractivity contribution is 6.35. The van der Waals surface area contributed by atoms with Gasteiger partial charge in [0.15, 0.2) is 5.65 Å². The molecule has 2 N–H and O–H groups in total. The van der Waals surface area contributed by atoms with Crippen molar-refractivity contribution in [3.63, 3.8) is 0 Å². The van der Waals surface area contributed by atoms with Crippen molar-refractivity contribution < 1.29 is 33.0 Å². The fourth-order valence-electron chi connectivity index (χ4n) is 6.52. The van der Waals surface area contributed by atoms with Crippen LogP contribution in [0.5, 0.6) is 0 Å². The predicted octanol–water partition coefficient (Wildman–Crippen LogP) is 6.47. The van der Waals surface area contributed by atoms with Gasteiger partial charge in [-0.1, -0.05) is 43.1 Å². The number of likely N-dealkylation sites (tertiary alicyclic amines) is 1. The number of carbonyl (C=O) groups is 2. The van der Waals surface area contributed by atoms with E-state index in [4.69, 9.17) is 48.2 Å². The highest BCUT2D eigenvalue weighted by Crippen LogP contribution is 2.35. The molecule has 5 rings (SSSR count). The number of hydrogen-bond acceptors (Lipinski definition) is 7. The number of anilines is 1. The van der Waals surface area contributed by atoms with Gasteiger partial charge in [0.2, 0.25) is 0 Å². The van der Waals surface area contributed by atoms with Gasteiger partial charge in [0.05, 0.1) is 17.9 Å². The van der Waals surface area contributed by atoms with Crippen LogP contribution in [-0.4, -0.2) is 84.7 Å². The Balaban J connectivity index is 0.000000591. The zero-order valence-electron chi connectivity index (χ0n) is 25.4. The summed E-state index contributed by atoms with van der Waals surface area (Å²) in [7, 11) is 0. The summed E-state index contributed by atoms with van der Waals surface area (Å²) in [5.41, 5.74) is 3.30. The Morgan fingerprint density at radius 3 is 2.42 bits per heavy atom. The summed E-state index contributed by atoms with van der Waals surface area (Å²) in [6.07, 6.45) is 0.260. The van der Waals surface area contributed by atoms with Crippen molar-refractivity contribution in [2.75, 3.05) is 24.5 Å². The third-order valence-corrected chi connectivity index (χ3v) is 9.25. The van der Waals surface area contributed by atoms with Crippen LogP contribution in [-0.2, 0) is 9.59 Å². The molecular formula is C30H37Cl2F3N6O4. The number of alkyl halides is 3. The summed E-state index contributed by atoms with van der Waals surface area (Å²) >= 11 is 12.6. The van der Waals surface area contributed by atoms with Crippen molar-refractivity contribution in [1.82, 2.24) is 24.6 Å². The van der Waals surface area contributed by atoms with E-state index >= 15 is 0 Å². The summed E-state index contributed by atoms with van der Waals surface area (Å²) in [6.45, 7) is 11.2. The molecule has 1 aromatic carbocycles. The van der Waals surface area contributed by atoms with E-state index in [1.54, 1.807) is 6.07 Å². The van der Waals surface area contributed by atoms with Gasteiger partial charge in [-0.25, -0.2) is 19.4 Å². The summed E-state index contributed by atoms with van der Waals surface area (Å²) in [6, 6.07) is 6.19. The van der Waals surface area contributed by atoms with E-state index in [-0.39, 0.29) is 18.4 Å². The lowest BCUT2D eigenvalue weighted by Crippen LogP contribution is -2.53. The Kier molecular flexibility index (Phi) is 10.9. The van der Waals surface area contributed by atoms with E-state index in [2.05, 4.69) is 30.6 Å². The number of hydrogen-bond donors (Lipinski definition) is 2. The quantitative estimate of drug-likeness (QED) is 0.290. The Morgan fingerprint density at radius 2 is 1.82 bits per heavy atom. The highest BCUT2D eigenvalue weighted by Gasteiger charge is 2.40. The number of aryl methyl sites for hydroxylation is 1. The minimum atomic E-state index is -5.08. The molecule has 0 amide bonds. The lowest BCUT2D eigenvalue weighted by atomic mass is 9.89. The average molecular weight is 674 g/mol. The third-order valence-electron chi connectivity index (χ3n) is 8.69. The monoisotopic (exact) mass is 672 g/mol. The molecule has 15 heteroatoms. The highest BCUT2D eigenvalue weighted by atomic mass is 35.5. The number of aromatic nitrogens is 4. The summed E-state index contributed by atoms with van der Waals surface area (Å²) in [4.78, 5) is 35.0. The molecule has 5 atom stereocenters. The minimum Gasteiger partial charge on any atom is -0.481 e. The van der Waals surface area contributed by atoms with Crippen LogP contribution in [0.1, 0.15) is 63.8 Å². The van der Waals surface area contributed by atoms with Crippen molar-refractivity contribution in [2.45, 2.75) is 77.7 Å². The molecule has 0 bridgehead atoms. The average Bonchev–Trinajstić information content (AvgIpc) is 3.57. The molecular weight excluding hydrogens is 636 g/mol. The number of piperidine rings is 1. The molecule has 2 fully saturated rings. The molecule has 0 aliphatic carbocycles. The zero-order valence-corrected chi connectivity index (χ0v) is 26.9. The van der Waals surface area contributed by atoms with Crippen LogP contribution in [0.3, 0.4) is 0 Å². The van der Waals surface area contributed by atoms with Gasteiger partial charge in [-0.2, -0.15) is 18.3 Å². The SMILES string of the molecule is Cc1nn([C@H](C)c2ccc(Cl)cc2Cl)c2nc(N3CCC(N4CCC[C@H]4C(C)CC(=O)O)C(C)C3)cnc12.O=C(O)C(F)(F)F. The van der Waals surface area contributed by atoms with Crippen LogP contribution in [0.2, 0.25) is 10.0 Å². The van der Waals surface area contributed by atoms with Gasteiger partial charge < -0.3 is 15.1 Å². The van der Waals surface area contributed by atoms with Gasteiger partial charge in [-0.3, -0.25) is 9.69 Å². The van der Waals surface area contributed by atoms with Crippen molar-refractivity contribution >= 4 is 52.1 Å². The maximum absolute atomic E-state index is 11.3. The number of aliphatic carboxylic acids is 2. The van der Waals surface area contributed by atoms with Gasteiger partial charge in [0.1, 0.15) is 11.3 Å². The minimum absolute atomic E-state index is 0.134. The Morgan fingerprint density at radius 1 is 1.13 bits per heavy atom. The van der Waals surface area contributed by atoms with Crippen LogP contribution in [0.25, 0.3) is 11.2 Å². The maximum Gasteiger partial charge on any atom is 0.490 e. The van der Waals surface area contributed by atoms with Crippen LogP contribution < -0.4 is 4.90 Å². The Labute approximate surface area is 269 Å². The molecule has 246 valence electrons. The van der Waals surface area contributed by atoms with Gasteiger partial charge in [-0.15, -0.1) is 0 Å².